The van der Waals surface area contributed by atoms with Gasteiger partial charge < -0.3 is 5.32 Å². The Kier molecular flexibility index (Phi) is 3.81. The van der Waals surface area contributed by atoms with Crippen LogP contribution in [0.4, 0.5) is 0 Å². The first-order valence-corrected chi connectivity index (χ1v) is 9.47. The van der Waals surface area contributed by atoms with Crippen LogP contribution in [0.15, 0.2) is 29.8 Å². The van der Waals surface area contributed by atoms with Crippen LogP contribution in [-0.4, -0.2) is 35.4 Å². The Morgan fingerprint density at radius 3 is 2.95 bits per heavy atom. The van der Waals surface area contributed by atoms with Gasteiger partial charge in [0.15, 0.2) is 9.84 Å². The van der Waals surface area contributed by atoms with Crippen molar-refractivity contribution in [2.75, 3.05) is 11.5 Å². The molecule has 2 aromatic rings. The van der Waals surface area contributed by atoms with Gasteiger partial charge in [-0.3, -0.25) is 4.98 Å². The van der Waals surface area contributed by atoms with Crippen molar-refractivity contribution in [2.24, 2.45) is 0 Å². The number of hydrogen-bond acceptors (Lipinski definition) is 6. The second kappa shape index (κ2) is 5.47. The van der Waals surface area contributed by atoms with Crippen LogP contribution >= 0.6 is 11.3 Å². The quantitative estimate of drug-likeness (QED) is 0.930. The Hall–Kier alpha value is -1.31. The lowest BCUT2D eigenvalue weighted by molar-refractivity contribution is 0.393. The lowest BCUT2D eigenvalue weighted by atomic mass is 10.0. The van der Waals surface area contributed by atoms with Gasteiger partial charge in [0.2, 0.25) is 0 Å². The molecule has 1 saturated heterocycles. The molecule has 2 aromatic heterocycles. The third kappa shape index (κ3) is 3.48. The van der Waals surface area contributed by atoms with E-state index in [0.29, 0.717) is 13.0 Å². The first kappa shape index (κ1) is 14.6. The third-order valence-corrected chi connectivity index (χ3v) is 6.45. The van der Waals surface area contributed by atoms with Gasteiger partial charge in [-0.05, 0) is 25.5 Å². The number of aromatic nitrogens is 2. The Bertz CT molecular complexity index is 728. The number of thiazole rings is 1. The molecule has 21 heavy (non-hydrogen) atoms. The molecule has 0 aliphatic carbocycles. The molecule has 3 rings (SSSR count). The number of nitrogens with one attached hydrogen (secondary N) is 1. The maximum Gasteiger partial charge on any atom is 0.152 e. The number of rotatable bonds is 4. The van der Waals surface area contributed by atoms with Crippen molar-refractivity contribution in [3.05, 3.63) is 35.5 Å². The minimum atomic E-state index is -2.89. The maximum absolute atomic E-state index is 11.6. The van der Waals surface area contributed by atoms with E-state index < -0.39 is 9.84 Å². The summed E-state index contributed by atoms with van der Waals surface area (Å²) in [4.78, 5) is 8.83. The Labute approximate surface area is 128 Å². The van der Waals surface area contributed by atoms with Crippen LogP contribution in [0.5, 0.6) is 0 Å². The predicted molar refractivity (Wildman–Crippen MR) is 83.9 cm³/mol. The fraction of sp³-hybridized carbons (Fsp3) is 0.429. The Balaban J connectivity index is 1.66. The van der Waals surface area contributed by atoms with Gasteiger partial charge in [0.25, 0.3) is 0 Å². The SMILES string of the molecule is CC1(NCc2csc(-c3ccccn3)n2)CCS(=O)(=O)C1. The third-order valence-electron chi connectivity index (χ3n) is 3.64. The summed E-state index contributed by atoms with van der Waals surface area (Å²) in [6.45, 7) is 2.54. The van der Waals surface area contributed by atoms with E-state index in [1.807, 2.05) is 30.5 Å². The van der Waals surface area contributed by atoms with E-state index in [1.165, 1.54) is 0 Å². The average Bonchev–Trinajstić information content (AvgIpc) is 3.03. The smallest absolute Gasteiger partial charge is 0.152 e. The molecule has 1 fully saturated rings. The van der Waals surface area contributed by atoms with Crippen molar-refractivity contribution >= 4 is 21.2 Å². The lowest BCUT2D eigenvalue weighted by Crippen LogP contribution is -2.42. The molecule has 0 bridgehead atoms. The molecule has 0 amide bonds. The zero-order valence-electron chi connectivity index (χ0n) is 11.7. The molecule has 1 aliphatic rings. The van der Waals surface area contributed by atoms with Crippen molar-refractivity contribution in [3.63, 3.8) is 0 Å². The molecule has 7 heteroatoms. The Morgan fingerprint density at radius 2 is 2.29 bits per heavy atom. The van der Waals surface area contributed by atoms with E-state index >= 15 is 0 Å². The standard InChI is InChI=1S/C14H17N3O2S2/c1-14(5-7-21(18,19)10-14)16-8-11-9-20-13(17-11)12-4-2-3-6-15-12/h2-4,6,9,16H,5,7-8,10H2,1H3. The van der Waals surface area contributed by atoms with Gasteiger partial charge in [-0.15, -0.1) is 11.3 Å². The summed E-state index contributed by atoms with van der Waals surface area (Å²) in [5.74, 6) is 0.476. The normalized spacial score (nSPS) is 24.2. The van der Waals surface area contributed by atoms with Gasteiger partial charge in [-0.2, -0.15) is 0 Å². The molecule has 1 N–H and O–H groups in total. The highest BCUT2D eigenvalue weighted by atomic mass is 32.2. The van der Waals surface area contributed by atoms with Crippen molar-refractivity contribution in [1.82, 2.24) is 15.3 Å². The van der Waals surface area contributed by atoms with Crippen LogP contribution in [-0.2, 0) is 16.4 Å². The van der Waals surface area contributed by atoms with Crippen LogP contribution in [0.3, 0.4) is 0 Å². The van der Waals surface area contributed by atoms with Crippen molar-refractivity contribution in [3.8, 4) is 10.7 Å². The van der Waals surface area contributed by atoms with Gasteiger partial charge in [-0.25, -0.2) is 13.4 Å². The summed E-state index contributed by atoms with van der Waals surface area (Å²) in [6, 6.07) is 5.74. The molecule has 0 aromatic carbocycles. The topological polar surface area (TPSA) is 72.0 Å². The molecule has 0 spiro atoms. The molecule has 112 valence electrons. The van der Waals surface area contributed by atoms with E-state index in [4.69, 9.17) is 0 Å². The molecule has 1 atom stereocenters. The second-order valence-electron chi connectivity index (χ2n) is 5.62. The van der Waals surface area contributed by atoms with Crippen LogP contribution in [0.1, 0.15) is 19.0 Å². The summed E-state index contributed by atoms with van der Waals surface area (Å²) in [7, 11) is -2.89. The van der Waals surface area contributed by atoms with E-state index in [0.717, 1.165) is 16.4 Å². The first-order valence-electron chi connectivity index (χ1n) is 6.77. The number of nitrogens with zero attached hydrogens (tertiary/aromatic N) is 2. The van der Waals surface area contributed by atoms with E-state index in [2.05, 4.69) is 15.3 Å². The van der Waals surface area contributed by atoms with Crippen LogP contribution < -0.4 is 5.32 Å². The lowest BCUT2D eigenvalue weighted by Gasteiger charge is -2.23. The molecule has 1 unspecified atom stereocenters. The van der Waals surface area contributed by atoms with E-state index in [1.54, 1.807) is 17.5 Å². The summed E-state index contributed by atoms with van der Waals surface area (Å²) in [5, 5.41) is 6.21. The number of sulfone groups is 1. The average molecular weight is 323 g/mol. The predicted octanol–water partition coefficient (Wildman–Crippen LogP) is 1.87. The number of hydrogen-bond donors (Lipinski definition) is 1. The maximum atomic E-state index is 11.6. The molecule has 0 radical (unpaired) electrons. The molecule has 3 heterocycles. The van der Waals surface area contributed by atoms with Crippen molar-refractivity contribution in [2.45, 2.75) is 25.4 Å². The largest absolute Gasteiger partial charge is 0.305 e. The molecule has 1 aliphatic heterocycles. The second-order valence-corrected chi connectivity index (χ2v) is 8.66. The fourth-order valence-corrected chi connectivity index (χ4v) is 5.37. The Morgan fingerprint density at radius 1 is 1.43 bits per heavy atom. The molecule has 5 nitrogen and oxygen atoms in total. The van der Waals surface area contributed by atoms with E-state index in [-0.39, 0.29) is 17.0 Å². The van der Waals surface area contributed by atoms with Gasteiger partial charge in [0, 0.05) is 23.7 Å². The van der Waals surface area contributed by atoms with Crippen LogP contribution in [0, 0.1) is 0 Å². The zero-order valence-corrected chi connectivity index (χ0v) is 13.4. The monoisotopic (exact) mass is 323 g/mol. The van der Waals surface area contributed by atoms with Crippen LogP contribution in [0.25, 0.3) is 10.7 Å². The van der Waals surface area contributed by atoms with Gasteiger partial charge >= 0.3 is 0 Å². The highest BCUT2D eigenvalue weighted by molar-refractivity contribution is 7.91. The summed E-state index contributed by atoms with van der Waals surface area (Å²) in [5.41, 5.74) is 1.45. The first-order chi connectivity index (χ1) is 9.96. The zero-order chi connectivity index (χ0) is 14.9. The summed E-state index contributed by atoms with van der Waals surface area (Å²) < 4.78 is 23.2. The van der Waals surface area contributed by atoms with Gasteiger partial charge in [0.05, 0.1) is 22.9 Å². The molecular formula is C14H17N3O2S2. The minimum absolute atomic E-state index is 0.206. The highest BCUT2D eigenvalue weighted by Gasteiger charge is 2.37. The number of pyridine rings is 1. The fourth-order valence-electron chi connectivity index (χ4n) is 2.45. The minimum Gasteiger partial charge on any atom is -0.305 e. The summed E-state index contributed by atoms with van der Waals surface area (Å²) >= 11 is 1.55. The summed E-state index contributed by atoms with van der Waals surface area (Å²) in [6.07, 6.45) is 2.41. The van der Waals surface area contributed by atoms with Gasteiger partial charge in [-0.1, -0.05) is 6.07 Å². The van der Waals surface area contributed by atoms with Crippen molar-refractivity contribution in [1.29, 1.82) is 0 Å². The van der Waals surface area contributed by atoms with Crippen molar-refractivity contribution < 1.29 is 8.42 Å². The van der Waals surface area contributed by atoms with Crippen LogP contribution in [0.2, 0.25) is 0 Å². The highest BCUT2D eigenvalue weighted by Crippen LogP contribution is 2.25. The molecule has 0 saturated carbocycles. The molecular weight excluding hydrogens is 306 g/mol. The van der Waals surface area contributed by atoms with Gasteiger partial charge in [0.1, 0.15) is 5.01 Å². The van der Waals surface area contributed by atoms with E-state index in [9.17, 15) is 8.42 Å².